The van der Waals surface area contributed by atoms with Gasteiger partial charge in [-0.15, -0.1) is 0 Å². The van der Waals surface area contributed by atoms with E-state index in [1.807, 2.05) is 0 Å². The predicted octanol–water partition coefficient (Wildman–Crippen LogP) is 0.901. The molecule has 0 saturated carbocycles. The average molecular weight is 312 g/mol. The van der Waals surface area contributed by atoms with Crippen LogP contribution < -0.4 is 11.1 Å². The Kier molecular flexibility index (Phi) is 5.41. The van der Waals surface area contributed by atoms with Crippen LogP contribution in [0, 0.1) is 0 Å². The Morgan fingerprint density at radius 1 is 1.33 bits per heavy atom. The zero-order valence-corrected chi connectivity index (χ0v) is 12.4. The number of ether oxygens (including phenoxy) is 1. The van der Waals surface area contributed by atoms with Gasteiger partial charge in [0.15, 0.2) is 0 Å². The molecule has 3 N–H and O–H groups in total. The Bertz CT molecular complexity index is 530. The van der Waals surface area contributed by atoms with E-state index in [9.17, 15) is 9.59 Å². The number of halogens is 1. The summed E-state index contributed by atoms with van der Waals surface area (Å²) in [6.07, 6.45) is 0.256. The van der Waals surface area contributed by atoms with Crippen molar-refractivity contribution in [1.29, 1.82) is 0 Å². The molecule has 1 saturated heterocycles. The van der Waals surface area contributed by atoms with E-state index in [1.54, 1.807) is 17.0 Å². The zero-order valence-electron chi connectivity index (χ0n) is 11.6. The van der Waals surface area contributed by atoms with Crippen LogP contribution in [-0.2, 0) is 9.53 Å². The van der Waals surface area contributed by atoms with E-state index in [0.717, 1.165) is 0 Å². The lowest BCUT2D eigenvalue weighted by Gasteiger charge is -2.26. The summed E-state index contributed by atoms with van der Waals surface area (Å²) in [5.41, 5.74) is 6.41. The van der Waals surface area contributed by atoms with Crippen LogP contribution >= 0.6 is 11.6 Å². The molecule has 1 aromatic carbocycles. The molecule has 1 aliphatic rings. The average Bonchev–Trinajstić information content (AvgIpc) is 2.50. The third-order valence-corrected chi connectivity index (χ3v) is 3.48. The number of anilines is 1. The van der Waals surface area contributed by atoms with Gasteiger partial charge in [0.1, 0.15) is 0 Å². The molecular formula is C14H18ClN3O3. The molecule has 0 atom stereocenters. The van der Waals surface area contributed by atoms with Gasteiger partial charge < -0.3 is 20.7 Å². The molecule has 1 heterocycles. The first kappa shape index (κ1) is 15.6. The van der Waals surface area contributed by atoms with Crippen molar-refractivity contribution in [3.8, 4) is 0 Å². The van der Waals surface area contributed by atoms with Gasteiger partial charge in [-0.05, 0) is 18.2 Å². The van der Waals surface area contributed by atoms with E-state index in [-0.39, 0.29) is 24.8 Å². The summed E-state index contributed by atoms with van der Waals surface area (Å²) in [5.74, 6) is -0.317. The van der Waals surface area contributed by atoms with Gasteiger partial charge in [0.25, 0.3) is 5.91 Å². The Labute approximate surface area is 128 Å². The Hall–Kier alpha value is -1.79. The first-order valence-corrected chi connectivity index (χ1v) is 7.14. The van der Waals surface area contributed by atoms with Crippen LogP contribution in [0.2, 0.25) is 5.02 Å². The highest BCUT2D eigenvalue weighted by Crippen LogP contribution is 2.17. The molecule has 0 unspecified atom stereocenters. The Morgan fingerprint density at radius 3 is 2.76 bits per heavy atom. The molecule has 2 rings (SSSR count). The van der Waals surface area contributed by atoms with Gasteiger partial charge in [0, 0.05) is 36.8 Å². The number of carbonyl (C=O) groups is 2. The van der Waals surface area contributed by atoms with Crippen LogP contribution in [0.3, 0.4) is 0 Å². The lowest BCUT2D eigenvalue weighted by Crippen LogP contribution is -2.42. The third-order valence-electron chi connectivity index (χ3n) is 3.25. The number of hydrogen-bond donors (Lipinski definition) is 2. The van der Waals surface area contributed by atoms with Crippen molar-refractivity contribution in [2.75, 3.05) is 38.6 Å². The number of nitrogens with one attached hydrogen (secondary N) is 1. The molecular weight excluding hydrogens is 294 g/mol. The molecule has 7 heteroatoms. The number of amides is 2. The van der Waals surface area contributed by atoms with E-state index in [0.29, 0.717) is 42.6 Å². The highest BCUT2D eigenvalue weighted by molar-refractivity contribution is 6.31. The van der Waals surface area contributed by atoms with Gasteiger partial charge in [-0.3, -0.25) is 9.59 Å². The molecule has 2 amide bonds. The number of hydrogen-bond acceptors (Lipinski definition) is 4. The fourth-order valence-corrected chi connectivity index (χ4v) is 2.25. The fraction of sp³-hybridized carbons (Fsp3) is 0.429. The van der Waals surface area contributed by atoms with Crippen LogP contribution in [0.4, 0.5) is 5.69 Å². The van der Waals surface area contributed by atoms with Gasteiger partial charge in [0.05, 0.1) is 18.8 Å². The lowest BCUT2D eigenvalue weighted by molar-refractivity contribution is -0.135. The van der Waals surface area contributed by atoms with Gasteiger partial charge in [-0.25, -0.2) is 0 Å². The number of benzene rings is 1. The van der Waals surface area contributed by atoms with Crippen LogP contribution in [0.5, 0.6) is 0 Å². The molecule has 0 radical (unpaired) electrons. The molecule has 21 heavy (non-hydrogen) atoms. The van der Waals surface area contributed by atoms with E-state index < -0.39 is 0 Å². The summed E-state index contributed by atoms with van der Waals surface area (Å²) < 4.78 is 5.18. The van der Waals surface area contributed by atoms with Gasteiger partial charge in [-0.1, -0.05) is 11.6 Å². The summed E-state index contributed by atoms with van der Waals surface area (Å²) >= 11 is 5.84. The molecule has 6 nitrogen and oxygen atoms in total. The van der Waals surface area contributed by atoms with E-state index in [1.165, 1.54) is 6.07 Å². The first-order chi connectivity index (χ1) is 10.1. The van der Waals surface area contributed by atoms with Crippen molar-refractivity contribution in [3.63, 3.8) is 0 Å². The second-order valence-electron chi connectivity index (χ2n) is 4.73. The number of rotatable bonds is 4. The minimum absolute atomic E-state index is 0.0117. The largest absolute Gasteiger partial charge is 0.398 e. The molecule has 1 fully saturated rings. The Balaban J connectivity index is 1.81. The minimum Gasteiger partial charge on any atom is -0.398 e. The van der Waals surface area contributed by atoms with Crippen LogP contribution in [-0.4, -0.2) is 49.6 Å². The quantitative estimate of drug-likeness (QED) is 0.809. The normalized spacial score (nSPS) is 14.8. The second-order valence-corrected chi connectivity index (χ2v) is 5.17. The molecule has 0 aliphatic carbocycles. The van der Waals surface area contributed by atoms with Crippen molar-refractivity contribution >= 4 is 29.1 Å². The summed E-state index contributed by atoms with van der Waals surface area (Å²) in [6, 6.07) is 4.71. The molecule has 0 spiro atoms. The second kappa shape index (κ2) is 7.28. The standard InChI is InChI=1S/C14H18ClN3O3/c15-10-1-2-12(16)11(9-10)14(20)17-4-3-13(19)18-5-7-21-8-6-18/h1-2,9H,3-8,16H2,(H,17,20). The van der Waals surface area contributed by atoms with E-state index >= 15 is 0 Å². The van der Waals surface area contributed by atoms with Gasteiger partial charge in [-0.2, -0.15) is 0 Å². The molecule has 1 aromatic rings. The van der Waals surface area contributed by atoms with Gasteiger partial charge in [0.2, 0.25) is 5.91 Å². The lowest BCUT2D eigenvalue weighted by atomic mass is 10.1. The summed E-state index contributed by atoms with van der Waals surface area (Å²) in [6.45, 7) is 2.61. The van der Waals surface area contributed by atoms with Crippen LogP contribution in [0.15, 0.2) is 18.2 Å². The van der Waals surface area contributed by atoms with Crippen molar-refractivity contribution in [1.82, 2.24) is 10.2 Å². The van der Waals surface area contributed by atoms with E-state index in [2.05, 4.69) is 5.32 Å². The van der Waals surface area contributed by atoms with Crippen molar-refractivity contribution in [2.24, 2.45) is 0 Å². The number of nitrogen functional groups attached to an aromatic ring is 1. The van der Waals surface area contributed by atoms with E-state index in [4.69, 9.17) is 22.1 Å². The minimum atomic E-state index is -0.329. The molecule has 1 aliphatic heterocycles. The zero-order chi connectivity index (χ0) is 15.2. The smallest absolute Gasteiger partial charge is 0.253 e. The maximum atomic E-state index is 12.0. The summed E-state index contributed by atoms with van der Waals surface area (Å²) in [7, 11) is 0. The van der Waals surface area contributed by atoms with Crippen molar-refractivity contribution < 1.29 is 14.3 Å². The topological polar surface area (TPSA) is 84.7 Å². The SMILES string of the molecule is Nc1ccc(Cl)cc1C(=O)NCCC(=O)N1CCOCC1. The summed E-state index contributed by atoms with van der Waals surface area (Å²) in [4.78, 5) is 25.6. The maximum Gasteiger partial charge on any atom is 0.253 e. The molecule has 0 aromatic heterocycles. The van der Waals surface area contributed by atoms with Gasteiger partial charge >= 0.3 is 0 Å². The van der Waals surface area contributed by atoms with Crippen LogP contribution in [0.25, 0.3) is 0 Å². The third kappa shape index (κ3) is 4.34. The number of morpholine rings is 1. The van der Waals surface area contributed by atoms with Crippen molar-refractivity contribution in [3.05, 3.63) is 28.8 Å². The number of nitrogens with zero attached hydrogens (tertiary/aromatic N) is 1. The molecule has 114 valence electrons. The maximum absolute atomic E-state index is 12.0. The first-order valence-electron chi connectivity index (χ1n) is 6.76. The highest BCUT2D eigenvalue weighted by atomic mass is 35.5. The highest BCUT2D eigenvalue weighted by Gasteiger charge is 2.17. The van der Waals surface area contributed by atoms with Crippen LogP contribution in [0.1, 0.15) is 16.8 Å². The van der Waals surface area contributed by atoms with Crippen molar-refractivity contribution in [2.45, 2.75) is 6.42 Å². The number of nitrogens with two attached hydrogens (primary N) is 1. The monoisotopic (exact) mass is 311 g/mol. The molecule has 0 bridgehead atoms. The Morgan fingerprint density at radius 2 is 2.05 bits per heavy atom. The summed E-state index contributed by atoms with van der Waals surface area (Å²) in [5, 5.41) is 3.12. The predicted molar refractivity (Wildman–Crippen MR) is 80.2 cm³/mol. The number of carbonyl (C=O) groups excluding carboxylic acids is 2. The fourth-order valence-electron chi connectivity index (χ4n) is 2.07.